The molecule has 0 saturated carbocycles. The van der Waals surface area contributed by atoms with Crippen LogP contribution >= 0.6 is 23.3 Å². The number of oxime groups is 1. The number of β-lactam (4-membered cyclic amide) rings is 1. The summed E-state index contributed by atoms with van der Waals surface area (Å²) in [6, 6.07) is -2.01. The number of carboxylic acids is 2. The summed E-state index contributed by atoms with van der Waals surface area (Å²) in [6.45, 7) is 2.63. The highest BCUT2D eigenvalue weighted by molar-refractivity contribution is 8.00. The van der Waals surface area contributed by atoms with E-state index in [0.717, 1.165) is 16.4 Å². The van der Waals surface area contributed by atoms with E-state index in [2.05, 4.69) is 25.1 Å². The molecule has 27 heteroatoms. The monoisotopic (exact) mass is 778 g/mol. The van der Waals surface area contributed by atoms with Gasteiger partial charge in [0.05, 0.1) is 13.1 Å². The summed E-state index contributed by atoms with van der Waals surface area (Å²) < 4.78 is 39.8. The van der Waals surface area contributed by atoms with Crippen LogP contribution in [0.4, 0.5) is 16.6 Å². The summed E-state index contributed by atoms with van der Waals surface area (Å²) >= 11 is 1.96. The third-order valence-corrected chi connectivity index (χ3v) is 8.88. The number of nitrogens with one attached hydrogen (secondary N) is 2. The van der Waals surface area contributed by atoms with Crippen LogP contribution in [-0.2, 0) is 52.8 Å². The maximum atomic E-state index is 13.3. The Hall–Kier alpha value is -4.93. The molecule has 0 unspecified atom stereocenters. The quantitative estimate of drug-likeness (QED) is 0.0233. The molecule has 2 aliphatic heterocycles. The van der Waals surface area contributed by atoms with Gasteiger partial charge in [-0.15, -0.1) is 21.1 Å². The normalized spacial score (nSPS) is 18.1. The van der Waals surface area contributed by atoms with Crippen molar-refractivity contribution in [2.24, 2.45) is 23.7 Å². The minimum atomic E-state index is -4.92. The van der Waals surface area contributed by atoms with Crippen LogP contribution in [0.15, 0.2) is 22.6 Å². The first-order valence-corrected chi connectivity index (χ1v) is 17.4. The van der Waals surface area contributed by atoms with Crippen LogP contribution < -0.4 is 38.3 Å². The fourth-order valence-electron chi connectivity index (χ4n) is 4.32. The summed E-state index contributed by atoms with van der Waals surface area (Å²) in [7, 11) is -3.31. The van der Waals surface area contributed by atoms with Crippen LogP contribution in [0.25, 0.3) is 0 Å². The largest absolute Gasteiger partial charge is 0.726 e. The number of hydrogen-bond donors (Lipinski definition) is 9. The molecule has 4 heterocycles. The molecule has 24 nitrogen and oxygen atoms in total. The van der Waals surface area contributed by atoms with Gasteiger partial charge in [-0.3, -0.25) is 23.8 Å². The molecule has 2 aromatic rings. The van der Waals surface area contributed by atoms with Gasteiger partial charge < -0.3 is 53.2 Å². The Balaban J connectivity index is 0.00000131. The molecule has 0 bridgehead atoms. The van der Waals surface area contributed by atoms with E-state index in [0.29, 0.717) is 5.57 Å². The molecule has 51 heavy (non-hydrogen) atoms. The number of anilines is 3. The number of carbonyl (C=O) groups excluding carboxylic acids is 3. The standard InChI is InChI=1S/C24H32N12O8S2.H2O4S/c1-24(2,22(42)43)44-32-12(16-31-23(28)46-33-16)18(38)30-13-19(39)36-14(21(40)41)9(8-45-20(13)36)6-35-7-11(15(27)34(35)3)29-17(37)10(26)4-5-25;1-5(2,3)4/h7,10,13,20,27H,4-6,8,25-26H2,1-3H3,(H6,28,29,30,31,33,37,38,40,41,42,43);(H2,1,2,3,4)/b32-12-;/t10-,13+,20+;/m0./s1. The van der Waals surface area contributed by atoms with Gasteiger partial charge in [-0.1, -0.05) is 5.16 Å². The number of hydrogen-bond acceptors (Lipinski definition) is 18. The molecule has 0 aliphatic carbocycles. The summed E-state index contributed by atoms with van der Waals surface area (Å²) in [4.78, 5) is 72.8. The SMILES string of the molecule is Cn1c(N)c(NC(=O)[C@@H](N)CCN)c[n+]1CC1=C(C(=O)O)N2C(=O)[C@@H](NC(=O)/C(=N\OC(C)(C)C(=O)O)c3nsc(N)n3)[C@H]2SC1.O=S(=O)([O-])O. The Kier molecular flexibility index (Phi) is 12.7. The van der Waals surface area contributed by atoms with E-state index in [-0.39, 0.29) is 53.4 Å². The number of carboxylic acid groups (broad SMARTS) is 2. The van der Waals surface area contributed by atoms with E-state index < -0.39 is 68.8 Å². The number of rotatable bonds is 13. The highest BCUT2D eigenvalue weighted by atomic mass is 32.3. The predicted molar refractivity (Wildman–Crippen MR) is 176 cm³/mol. The van der Waals surface area contributed by atoms with Crippen molar-refractivity contribution in [2.45, 2.75) is 49.9 Å². The topological polar surface area (TPSA) is 391 Å². The van der Waals surface area contributed by atoms with Gasteiger partial charge in [-0.25, -0.2) is 18.0 Å². The van der Waals surface area contributed by atoms with Gasteiger partial charge in [0.25, 0.3) is 11.8 Å². The molecule has 280 valence electrons. The second kappa shape index (κ2) is 16.0. The third-order valence-electron chi connectivity index (χ3n) is 7.00. The molecular formula is C24H34N12O12S3. The molecule has 2 aromatic heterocycles. The van der Waals surface area contributed by atoms with Crippen LogP contribution in [0.1, 0.15) is 26.1 Å². The lowest BCUT2D eigenvalue weighted by molar-refractivity contribution is -0.765. The maximum Gasteiger partial charge on any atom is 0.352 e. The summed E-state index contributed by atoms with van der Waals surface area (Å²) in [6.07, 6.45) is 1.78. The Morgan fingerprint density at radius 1 is 1.27 bits per heavy atom. The molecule has 13 N–H and O–H groups in total. The third kappa shape index (κ3) is 9.86. The molecule has 0 spiro atoms. The van der Waals surface area contributed by atoms with Gasteiger partial charge in [0, 0.05) is 22.9 Å². The van der Waals surface area contributed by atoms with E-state index in [4.69, 9.17) is 45.3 Å². The number of thioether (sulfide) groups is 1. The Morgan fingerprint density at radius 3 is 2.43 bits per heavy atom. The van der Waals surface area contributed by atoms with E-state index in [1.807, 2.05) is 0 Å². The van der Waals surface area contributed by atoms with E-state index in [1.54, 1.807) is 11.7 Å². The summed E-state index contributed by atoms with van der Waals surface area (Å²) in [5.41, 5.74) is 21.1. The second-order valence-corrected chi connectivity index (χ2v) is 13.8. The number of nitrogens with two attached hydrogens (primary N) is 4. The first-order valence-electron chi connectivity index (χ1n) is 14.2. The van der Waals surface area contributed by atoms with Gasteiger partial charge >= 0.3 is 11.9 Å². The molecule has 3 amide bonds. The molecule has 4 rings (SSSR count). The zero-order valence-electron chi connectivity index (χ0n) is 26.9. The Bertz CT molecular complexity index is 1880. The van der Waals surface area contributed by atoms with Crippen molar-refractivity contribution in [3.8, 4) is 0 Å². The molecule has 2 aliphatic rings. The average Bonchev–Trinajstić information content (AvgIpc) is 3.56. The van der Waals surface area contributed by atoms with Crippen molar-refractivity contribution < 1.29 is 61.2 Å². The van der Waals surface area contributed by atoms with Crippen LogP contribution in [0.3, 0.4) is 0 Å². The van der Waals surface area contributed by atoms with E-state index in [9.17, 15) is 34.2 Å². The minimum absolute atomic E-state index is 0.00198. The van der Waals surface area contributed by atoms with Crippen molar-refractivity contribution in [2.75, 3.05) is 29.1 Å². The van der Waals surface area contributed by atoms with Gasteiger partial charge in [-0.2, -0.15) is 9.36 Å². The smallest absolute Gasteiger partial charge is 0.352 e. The van der Waals surface area contributed by atoms with Gasteiger partial charge in [0.15, 0.2) is 23.2 Å². The van der Waals surface area contributed by atoms with Crippen molar-refractivity contribution in [3.05, 3.63) is 23.3 Å². The molecule has 1 fully saturated rings. The lowest BCUT2D eigenvalue weighted by Crippen LogP contribution is -2.71. The first-order chi connectivity index (χ1) is 23.6. The van der Waals surface area contributed by atoms with Crippen molar-refractivity contribution >= 4 is 85.7 Å². The zero-order chi connectivity index (χ0) is 38.6. The number of carbonyl (C=O) groups is 5. The number of fused-ring (bicyclic) bond motifs is 1. The fourth-order valence-corrected chi connectivity index (χ4v) is 6.09. The first kappa shape index (κ1) is 40.5. The van der Waals surface area contributed by atoms with Gasteiger partial charge in [0.1, 0.15) is 17.1 Å². The van der Waals surface area contributed by atoms with Crippen molar-refractivity contribution in [1.29, 1.82) is 0 Å². The highest BCUT2D eigenvalue weighted by Gasteiger charge is 2.55. The summed E-state index contributed by atoms with van der Waals surface area (Å²) in [5, 5.41) is 27.4. The van der Waals surface area contributed by atoms with Gasteiger partial charge in [-0.05, 0) is 26.8 Å². The average molecular weight is 779 g/mol. The van der Waals surface area contributed by atoms with Crippen LogP contribution in [0, 0.1) is 0 Å². The maximum absolute atomic E-state index is 13.3. The lowest BCUT2D eigenvalue weighted by atomic mass is 10.0. The predicted octanol–water partition coefficient (Wildman–Crippen LogP) is -4.03. The van der Waals surface area contributed by atoms with E-state index >= 15 is 0 Å². The van der Waals surface area contributed by atoms with Gasteiger partial charge in [0.2, 0.25) is 39.6 Å². The van der Waals surface area contributed by atoms with E-state index in [1.165, 1.54) is 36.5 Å². The van der Waals surface area contributed by atoms with Crippen molar-refractivity contribution in [3.63, 3.8) is 0 Å². The molecule has 3 atom stereocenters. The van der Waals surface area contributed by atoms with Crippen molar-refractivity contribution in [1.82, 2.24) is 24.3 Å². The fraction of sp³-hybridized carbons (Fsp3) is 0.458. The van der Waals surface area contributed by atoms with Crippen LogP contribution in [0.5, 0.6) is 0 Å². The highest BCUT2D eigenvalue weighted by Crippen LogP contribution is 2.40. The van der Waals surface area contributed by atoms with Crippen LogP contribution in [0.2, 0.25) is 0 Å². The molecule has 1 saturated heterocycles. The Morgan fingerprint density at radius 2 is 1.90 bits per heavy atom. The number of amides is 3. The minimum Gasteiger partial charge on any atom is -0.726 e. The summed E-state index contributed by atoms with van der Waals surface area (Å²) in [5.74, 6) is -4.82. The number of aromatic nitrogens is 4. The molecular weight excluding hydrogens is 745 g/mol. The molecule has 0 radical (unpaired) electrons. The Labute approximate surface area is 296 Å². The molecule has 0 aromatic carbocycles. The number of nitrogen functional groups attached to an aromatic ring is 2. The van der Waals surface area contributed by atoms with Crippen LogP contribution in [-0.4, -0.2) is 117 Å². The second-order valence-electron chi connectivity index (χ2n) is 11.1. The zero-order valence-corrected chi connectivity index (χ0v) is 29.3. The number of nitrogens with zero attached hydrogens (tertiary/aromatic N) is 6. The lowest BCUT2D eigenvalue weighted by Gasteiger charge is -2.49. The number of aliphatic carboxylic acids is 2.